The van der Waals surface area contributed by atoms with Crippen LogP contribution in [0.2, 0.25) is 5.02 Å². The van der Waals surface area contributed by atoms with E-state index in [0.717, 1.165) is 54.6 Å². The number of likely N-dealkylation sites (tertiary alicyclic amines) is 1. The van der Waals surface area contributed by atoms with Gasteiger partial charge in [0.15, 0.2) is 5.82 Å². The number of hydrogen-bond donors (Lipinski definition) is 1. The summed E-state index contributed by atoms with van der Waals surface area (Å²) in [6.45, 7) is 15.6. The number of benzene rings is 2. The van der Waals surface area contributed by atoms with Crippen molar-refractivity contribution in [2.75, 3.05) is 44.2 Å². The number of aryl methyl sites for hydroxylation is 2. The SMILES string of the molecule is C=CC(=O)N1C[C@H](C)N(c2nc(OCCN3CCC(P)CC3)nc3c(F)c(-c4c(C)ccc5[nH]nc(C)c45)c(Cl)cc23)C[C@H]1C. The number of carbonyl (C=O) groups is 1. The number of fused-ring (bicyclic) bond motifs is 2. The highest BCUT2D eigenvalue weighted by Gasteiger charge is 2.34. The number of ether oxygens (including phenoxy) is 1. The number of carbonyl (C=O) groups excluding carboxylic acids is 1. The number of rotatable bonds is 7. The van der Waals surface area contributed by atoms with Gasteiger partial charge >= 0.3 is 6.01 Å². The average molecular weight is 652 g/mol. The molecule has 4 aromatic rings. The number of nitrogens with zero attached hydrogens (tertiary/aromatic N) is 6. The number of aromatic nitrogens is 4. The fraction of sp³-hybridized carbons (Fsp3) is 0.455. The molecule has 2 saturated heterocycles. The molecule has 0 aliphatic carbocycles. The molecule has 2 aromatic carbocycles. The fourth-order valence-corrected chi connectivity index (χ4v) is 7.24. The first-order chi connectivity index (χ1) is 21.6. The maximum absolute atomic E-state index is 17.0. The van der Waals surface area contributed by atoms with Crippen LogP contribution in [0.5, 0.6) is 6.01 Å². The predicted molar refractivity (Wildman–Crippen MR) is 182 cm³/mol. The Morgan fingerprint density at radius 1 is 1.18 bits per heavy atom. The maximum Gasteiger partial charge on any atom is 0.319 e. The minimum Gasteiger partial charge on any atom is -0.462 e. The second kappa shape index (κ2) is 12.8. The van der Waals surface area contributed by atoms with Gasteiger partial charge in [-0.25, -0.2) is 4.39 Å². The van der Waals surface area contributed by atoms with E-state index in [2.05, 4.69) is 40.8 Å². The Morgan fingerprint density at radius 3 is 2.67 bits per heavy atom. The van der Waals surface area contributed by atoms with Gasteiger partial charge in [-0.15, -0.1) is 9.24 Å². The van der Waals surface area contributed by atoms with Crippen LogP contribution < -0.4 is 9.64 Å². The van der Waals surface area contributed by atoms with E-state index in [1.54, 1.807) is 11.0 Å². The Hall–Kier alpha value is -3.33. The number of nitrogens with one attached hydrogen (secondary N) is 1. The third-order valence-corrected chi connectivity index (χ3v) is 10.2. The standard InChI is InChI=1S/C33H40ClFN7O2P/c1-6-26(43)41-16-20(4)42(17-19(41)3)32-23-15-24(34)29(27-18(2)7-8-25-28(27)21(5)38-39-25)30(35)31(23)36-33(37-32)44-14-13-40-11-9-22(45)10-12-40/h6-8,15,19-20,22H,1,9-14,16-17,45H2,2-5H3,(H,38,39)/t19-,20+/m1/s1. The molecular formula is C33H40ClFN7O2P. The van der Waals surface area contributed by atoms with Crippen LogP contribution in [0.25, 0.3) is 32.9 Å². The minimum absolute atomic E-state index is 0.115. The Balaban J connectivity index is 1.45. The summed E-state index contributed by atoms with van der Waals surface area (Å²) in [6, 6.07) is 5.51. The molecule has 2 fully saturated rings. The number of piperidine rings is 1. The first-order valence-electron chi connectivity index (χ1n) is 15.5. The third-order valence-electron chi connectivity index (χ3n) is 9.20. The summed E-state index contributed by atoms with van der Waals surface area (Å²) < 4.78 is 23.1. The van der Waals surface area contributed by atoms with E-state index in [1.807, 2.05) is 39.8 Å². The second-order valence-corrected chi connectivity index (χ2v) is 13.7. The van der Waals surface area contributed by atoms with Crippen LogP contribution >= 0.6 is 20.8 Å². The third kappa shape index (κ3) is 6.00. The van der Waals surface area contributed by atoms with E-state index < -0.39 is 5.82 Å². The Morgan fingerprint density at radius 2 is 1.93 bits per heavy atom. The number of aromatic amines is 1. The van der Waals surface area contributed by atoms with Crippen LogP contribution in [-0.2, 0) is 4.79 Å². The van der Waals surface area contributed by atoms with Crippen molar-refractivity contribution in [1.82, 2.24) is 30.0 Å². The quantitative estimate of drug-likeness (QED) is 0.196. The van der Waals surface area contributed by atoms with E-state index in [4.69, 9.17) is 21.3 Å². The van der Waals surface area contributed by atoms with Crippen molar-refractivity contribution in [3.8, 4) is 17.1 Å². The van der Waals surface area contributed by atoms with Gasteiger partial charge in [-0.05, 0) is 83.1 Å². The summed E-state index contributed by atoms with van der Waals surface area (Å²) in [4.78, 5) is 28.3. The molecule has 4 heterocycles. The lowest BCUT2D eigenvalue weighted by atomic mass is 9.94. The largest absolute Gasteiger partial charge is 0.462 e. The van der Waals surface area contributed by atoms with E-state index in [-0.39, 0.29) is 40.1 Å². The summed E-state index contributed by atoms with van der Waals surface area (Å²) in [6.07, 6.45) is 3.61. The lowest BCUT2D eigenvalue weighted by Crippen LogP contribution is -2.58. The molecule has 0 saturated carbocycles. The number of H-pyrrole nitrogens is 1. The lowest BCUT2D eigenvalue weighted by molar-refractivity contribution is -0.128. The van der Waals surface area contributed by atoms with Gasteiger partial charge in [0.05, 0.1) is 16.2 Å². The van der Waals surface area contributed by atoms with Crippen LogP contribution in [0, 0.1) is 19.7 Å². The molecule has 9 nitrogen and oxygen atoms in total. The van der Waals surface area contributed by atoms with Crippen molar-refractivity contribution in [1.29, 1.82) is 0 Å². The molecule has 2 aromatic heterocycles. The first-order valence-corrected chi connectivity index (χ1v) is 16.6. The molecule has 0 bridgehead atoms. The molecule has 12 heteroatoms. The Kier molecular flexibility index (Phi) is 9.01. The van der Waals surface area contributed by atoms with Crippen molar-refractivity contribution in [3.63, 3.8) is 0 Å². The van der Waals surface area contributed by atoms with Crippen LogP contribution in [-0.4, -0.2) is 92.9 Å². The van der Waals surface area contributed by atoms with Crippen molar-refractivity contribution in [3.05, 3.63) is 53.0 Å². The van der Waals surface area contributed by atoms with Gasteiger partial charge in [-0.3, -0.25) is 14.8 Å². The molecule has 6 rings (SSSR count). The van der Waals surface area contributed by atoms with Crippen molar-refractivity contribution in [2.45, 2.75) is 58.3 Å². The van der Waals surface area contributed by atoms with E-state index in [0.29, 0.717) is 42.1 Å². The van der Waals surface area contributed by atoms with E-state index in [9.17, 15) is 4.79 Å². The van der Waals surface area contributed by atoms with Crippen LogP contribution in [0.3, 0.4) is 0 Å². The van der Waals surface area contributed by atoms with Gasteiger partial charge in [0.1, 0.15) is 17.9 Å². The van der Waals surface area contributed by atoms with Gasteiger partial charge in [0, 0.05) is 53.6 Å². The van der Waals surface area contributed by atoms with Crippen LogP contribution in [0.4, 0.5) is 10.2 Å². The Bertz CT molecular complexity index is 1770. The number of piperazine rings is 1. The summed E-state index contributed by atoms with van der Waals surface area (Å²) in [5.74, 6) is -0.120. The molecule has 1 amide bonds. The molecule has 45 heavy (non-hydrogen) atoms. The number of hydrogen-bond acceptors (Lipinski definition) is 7. The lowest BCUT2D eigenvalue weighted by Gasteiger charge is -2.44. The zero-order valence-corrected chi connectivity index (χ0v) is 28.1. The van der Waals surface area contributed by atoms with Crippen molar-refractivity contribution < 1.29 is 13.9 Å². The monoisotopic (exact) mass is 651 g/mol. The summed E-state index contributed by atoms with van der Waals surface area (Å²) in [5, 5.41) is 8.97. The number of halogens is 2. The molecule has 0 spiro atoms. The van der Waals surface area contributed by atoms with Crippen molar-refractivity contribution in [2.24, 2.45) is 0 Å². The molecule has 0 radical (unpaired) electrons. The first kappa shape index (κ1) is 31.6. The van der Waals surface area contributed by atoms with E-state index >= 15 is 4.39 Å². The smallest absolute Gasteiger partial charge is 0.319 e. The van der Waals surface area contributed by atoms with Gasteiger partial charge in [0.2, 0.25) is 5.91 Å². The molecule has 3 atom stereocenters. The molecule has 1 N–H and O–H groups in total. The molecule has 238 valence electrons. The average Bonchev–Trinajstić information content (AvgIpc) is 3.40. The molecule has 2 aliphatic heterocycles. The molecule has 2 aliphatic rings. The topological polar surface area (TPSA) is 90.5 Å². The van der Waals surface area contributed by atoms with Gasteiger partial charge in [-0.1, -0.05) is 24.2 Å². The number of anilines is 1. The van der Waals surface area contributed by atoms with E-state index in [1.165, 1.54) is 6.08 Å². The number of amides is 1. The van der Waals surface area contributed by atoms with Gasteiger partial charge in [0.25, 0.3) is 0 Å². The highest BCUT2D eigenvalue weighted by atomic mass is 35.5. The highest BCUT2D eigenvalue weighted by molar-refractivity contribution is 7.17. The minimum atomic E-state index is -0.536. The van der Waals surface area contributed by atoms with Gasteiger partial charge in [-0.2, -0.15) is 15.1 Å². The Labute approximate surface area is 270 Å². The second-order valence-electron chi connectivity index (χ2n) is 12.3. The zero-order valence-electron chi connectivity index (χ0n) is 26.2. The normalized spacial score (nSPS) is 19.9. The molecule has 1 unspecified atom stereocenters. The van der Waals surface area contributed by atoms with Gasteiger partial charge < -0.3 is 14.5 Å². The zero-order chi connectivity index (χ0) is 32.0. The maximum atomic E-state index is 17.0. The highest BCUT2D eigenvalue weighted by Crippen LogP contribution is 2.43. The fourth-order valence-electron chi connectivity index (χ4n) is 6.66. The van der Waals surface area contributed by atoms with Crippen LogP contribution in [0.15, 0.2) is 30.9 Å². The van der Waals surface area contributed by atoms with Crippen LogP contribution in [0.1, 0.15) is 37.9 Å². The summed E-state index contributed by atoms with van der Waals surface area (Å²) in [5.41, 5.74) is 4.18. The molecular weight excluding hydrogens is 612 g/mol. The van der Waals surface area contributed by atoms with Crippen molar-refractivity contribution >= 4 is 54.4 Å². The predicted octanol–water partition coefficient (Wildman–Crippen LogP) is 5.91. The summed E-state index contributed by atoms with van der Waals surface area (Å²) >= 11 is 6.97. The summed E-state index contributed by atoms with van der Waals surface area (Å²) in [7, 11) is 2.92.